The molecule has 0 amide bonds. The summed E-state index contributed by atoms with van der Waals surface area (Å²) in [7, 11) is 4.01. The first kappa shape index (κ1) is 18.6. The van der Waals surface area contributed by atoms with Gasteiger partial charge in [-0.25, -0.2) is 9.59 Å². The normalized spacial score (nSPS) is 14.3. The number of rotatable bonds is 6. The van der Waals surface area contributed by atoms with E-state index in [1.807, 2.05) is 38.4 Å². The summed E-state index contributed by atoms with van der Waals surface area (Å²) >= 11 is 1.70. The zero-order chi connectivity index (χ0) is 18.5. The number of hydrogen-bond acceptors (Lipinski definition) is 7. The van der Waals surface area contributed by atoms with Gasteiger partial charge in [-0.3, -0.25) is 4.57 Å². The lowest BCUT2D eigenvalue weighted by atomic mass is 10.1. The second-order valence-corrected chi connectivity index (χ2v) is 7.37. The van der Waals surface area contributed by atoms with Gasteiger partial charge in [0.05, 0.1) is 5.52 Å². The van der Waals surface area contributed by atoms with Crippen molar-refractivity contribution in [2.75, 3.05) is 38.9 Å². The lowest BCUT2D eigenvalue weighted by Gasteiger charge is -2.23. The summed E-state index contributed by atoms with van der Waals surface area (Å²) in [5.41, 5.74) is 1.83. The Balaban J connectivity index is 1.61. The van der Waals surface area contributed by atoms with Crippen molar-refractivity contribution >= 4 is 34.9 Å². The molecule has 0 spiro atoms. The van der Waals surface area contributed by atoms with Crippen LogP contribution in [0.1, 0.15) is 5.56 Å². The number of thioether (sulfide) groups is 1. The molecule has 0 atom stereocenters. The topological polar surface area (TPSA) is 70.0 Å². The zero-order valence-electron chi connectivity index (χ0n) is 14.8. The SMILES string of the molecule is CN(C)CCc1cn(C(=O)OCOC(=O)OC2CSC2)c2ccccc12. The van der Waals surface area contributed by atoms with Gasteiger partial charge in [-0.05, 0) is 32.1 Å². The fourth-order valence-corrected chi connectivity index (χ4v) is 3.16. The van der Waals surface area contributed by atoms with Gasteiger partial charge in [0.1, 0.15) is 6.10 Å². The molecule has 0 N–H and O–H groups in total. The number of ether oxygens (including phenoxy) is 3. The molecule has 1 aliphatic heterocycles. The summed E-state index contributed by atoms with van der Waals surface area (Å²) in [6, 6.07) is 7.65. The number of hydrogen-bond donors (Lipinski definition) is 0. The standard InChI is InChI=1S/C18H22N2O5S/c1-19(2)8-7-13-9-20(16-6-4-3-5-15(13)16)17(21)23-12-24-18(22)25-14-10-26-11-14/h3-6,9,14H,7-8,10-12H2,1-2H3. The number of carbonyl (C=O) groups excluding carboxylic acids is 2. The molecule has 2 aromatic rings. The van der Waals surface area contributed by atoms with Crippen molar-refractivity contribution in [1.29, 1.82) is 0 Å². The van der Waals surface area contributed by atoms with Crippen LogP contribution in [0.15, 0.2) is 30.5 Å². The van der Waals surface area contributed by atoms with E-state index in [2.05, 4.69) is 4.90 Å². The molecule has 1 fully saturated rings. The third-order valence-electron chi connectivity index (χ3n) is 4.05. The van der Waals surface area contributed by atoms with Crippen molar-refractivity contribution in [1.82, 2.24) is 9.47 Å². The number of nitrogens with zero attached hydrogens (tertiary/aromatic N) is 2. The molecule has 1 saturated heterocycles. The van der Waals surface area contributed by atoms with Crippen LogP contribution in [0.4, 0.5) is 9.59 Å². The number of benzene rings is 1. The molecule has 140 valence electrons. The molecule has 8 heteroatoms. The van der Waals surface area contributed by atoms with Crippen molar-refractivity contribution in [3.05, 3.63) is 36.0 Å². The maximum Gasteiger partial charge on any atom is 0.511 e. The van der Waals surface area contributed by atoms with Gasteiger partial charge in [0.15, 0.2) is 0 Å². The van der Waals surface area contributed by atoms with E-state index in [1.54, 1.807) is 18.0 Å². The highest BCUT2D eigenvalue weighted by Crippen LogP contribution is 2.23. The van der Waals surface area contributed by atoms with E-state index in [0.717, 1.165) is 40.9 Å². The predicted molar refractivity (Wildman–Crippen MR) is 99.6 cm³/mol. The number of aromatic nitrogens is 1. The van der Waals surface area contributed by atoms with Crippen LogP contribution in [0.5, 0.6) is 0 Å². The van der Waals surface area contributed by atoms with Crippen LogP contribution in [0, 0.1) is 0 Å². The second kappa shape index (κ2) is 8.46. The van der Waals surface area contributed by atoms with Crippen LogP contribution < -0.4 is 0 Å². The molecule has 7 nitrogen and oxygen atoms in total. The van der Waals surface area contributed by atoms with Gasteiger partial charge in [0.25, 0.3) is 0 Å². The first-order chi connectivity index (χ1) is 12.5. The van der Waals surface area contributed by atoms with Crippen LogP contribution in [0.25, 0.3) is 10.9 Å². The molecule has 1 aromatic carbocycles. The molecular formula is C18H22N2O5S. The molecular weight excluding hydrogens is 356 g/mol. The van der Waals surface area contributed by atoms with Crippen molar-refractivity contribution in [2.24, 2.45) is 0 Å². The molecule has 1 aromatic heterocycles. The smallest absolute Gasteiger partial charge is 0.429 e. The van der Waals surface area contributed by atoms with Gasteiger partial charge in [-0.1, -0.05) is 18.2 Å². The van der Waals surface area contributed by atoms with E-state index in [-0.39, 0.29) is 6.10 Å². The number of carbonyl (C=O) groups is 2. The second-order valence-electron chi connectivity index (χ2n) is 6.29. The lowest BCUT2D eigenvalue weighted by molar-refractivity contribution is -0.0241. The maximum atomic E-state index is 12.4. The van der Waals surface area contributed by atoms with Crippen molar-refractivity contribution in [3.63, 3.8) is 0 Å². The van der Waals surface area contributed by atoms with Crippen LogP contribution >= 0.6 is 11.8 Å². The Morgan fingerprint density at radius 1 is 1.23 bits per heavy atom. The summed E-state index contributed by atoms with van der Waals surface area (Å²) in [4.78, 5) is 25.9. The van der Waals surface area contributed by atoms with Gasteiger partial charge in [0.2, 0.25) is 6.79 Å². The minimum atomic E-state index is -0.813. The minimum Gasteiger partial charge on any atom is -0.429 e. The van der Waals surface area contributed by atoms with Crippen molar-refractivity contribution in [3.8, 4) is 0 Å². The highest BCUT2D eigenvalue weighted by molar-refractivity contribution is 8.00. The Labute approximate surface area is 156 Å². The van der Waals surface area contributed by atoms with E-state index in [9.17, 15) is 9.59 Å². The molecule has 0 radical (unpaired) electrons. The fraction of sp³-hybridized carbons (Fsp3) is 0.444. The Morgan fingerprint density at radius 3 is 2.69 bits per heavy atom. The Morgan fingerprint density at radius 2 is 2.00 bits per heavy atom. The van der Waals surface area contributed by atoms with Crippen LogP contribution in [0.3, 0.4) is 0 Å². The van der Waals surface area contributed by atoms with Gasteiger partial charge < -0.3 is 19.1 Å². The van der Waals surface area contributed by atoms with Crippen LogP contribution in [-0.2, 0) is 20.6 Å². The van der Waals surface area contributed by atoms with Crippen molar-refractivity contribution in [2.45, 2.75) is 12.5 Å². The first-order valence-electron chi connectivity index (χ1n) is 8.36. The number of fused-ring (bicyclic) bond motifs is 1. The fourth-order valence-electron chi connectivity index (χ4n) is 2.59. The summed E-state index contributed by atoms with van der Waals surface area (Å²) in [5, 5.41) is 1.01. The van der Waals surface area contributed by atoms with Gasteiger partial charge in [-0.2, -0.15) is 11.8 Å². The Bertz CT molecular complexity index is 785. The minimum absolute atomic E-state index is 0.101. The summed E-state index contributed by atoms with van der Waals surface area (Å²) in [6.07, 6.45) is 1.09. The van der Waals surface area contributed by atoms with Gasteiger partial charge in [0, 0.05) is 29.6 Å². The van der Waals surface area contributed by atoms with E-state index in [4.69, 9.17) is 14.2 Å². The molecule has 0 unspecified atom stereocenters. The highest BCUT2D eigenvalue weighted by atomic mass is 32.2. The van der Waals surface area contributed by atoms with E-state index in [0.29, 0.717) is 0 Å². The van der Waals surface area contributed by atoms with E-state index >= 15 is 0 Å². The molecule has 2 heterocycles. The first-order valence-corrected chi connectivity index (χ1v) is 9.52. The van der Waals surface area contributed by atoms with E-state index in [1.165, 1.54) is 4.57 Å². The average molecular weight is 378 g/mol. The Hall–Kier alpha value is -2.19. The Kier molecular flexibility index (Phi) is 6.05. The van der Waals surface area contributed by atoms with Gasteiger partial charge >= 0.3 is 12.2 Å². The molecule has 3 rings (SSSR count). The molecule has 1 aliphatic rings. The third kappa shape index (κ3) is 4.50. The molecule has 0 aliphatic carbocycles. The largest absolute Gasteiger partial charge is 0.511 e. The highest BCUT2D eigenvalue weighted by Gasteiger charge is 2.23. The summed E-state index contributed by atoms with van der Waals surface area (Å²) < 4.78 is 16.3. The molecule has 0 bridgehead atoms. The average Bonchev–Trinajstić information content (AvgIpc) is 2.95. The summed E-state index contributed by atoms with van der Waals surface area (Å²) in [6.45, 7) is 0.397. The number of likely N-dealkylation sites (N-methyl/N-ethyl adjacent to an activating group) is 1. The van der Waals surface area contributed by atoms with E-state index < -0.39 is 19.0 Å². The predicted octanol–water partition coefficient (Wildman–Crippen LogP) is 2.96. The lowest BCUT2D eigenvalue weighted by Crippen LogP contribution is -2.31. The molecule has 0 saturated carbocycles. The van der Waals surface area contributed by atoms with Crippen LogP contribution in [-0.4, -0.2) is 66.8 Å². The summed E-state index contributed by atoms with van der Waals surface area (Å²) in [5.74, 6) is 1.56. The quantitative estimate of drug-likeness (QED) is 0.565. The maximum absolute atomic E-state index is 12.4. The van der Waals surface area contributed by atoms with Crippen LogP contribution in [0.2, 0.25) is 0 Å². The van der Waals surface area contributed by atoms with Crippen molar-refractivity contribution < 1.29 is 23.8 Å². The third-order valence-corrected chi connectivity index (χ3v) is 5.26. The molecule has 26 heavy (non-hydrogen) atoms. The number of para-hydroxylation sites is 1. The zero-order valence-corrected chi connectivity index (χ0v) is 15.7. The monoisotopic (exact) mass is 378 g/mol. The van der Waals surface area contributed by atoms with Gasteiger partial charge in [-0.15, -0.1) is 0 Å².